The van der Waals surface area contributed by atoms with Gasteiger partial charge in [0.1, 0.15) is 11.2 Å². The van der Waals surface area contributed by atoms with E-state index in [1.165, 1.54) is 16.5 Å². The summed E-state index contributed by atoms with van der Waals surface area (Å²) in [6.07, 6.45) is 0. The molecule has 0 aliphatic rings. The molecular weight excluding hydrogens is 450 g/mol. The summed E-state index contributed by atoms with van der Waals surface area (Å²) in [5, 5.41) is 5.05. The van der Waals surface area contributed by atoms with Crippen molar-refractivity contribution < 1.29 is 4.42 Å². The lowest BCUT2D eigenvalue weighted by Crippen LogP contribution is -2.11. The van der Waals surface area contributed by atoms with Crippen LogP contribution in [0.2, 0.25) is 5.02 Å². The lowest BCUT2D eigenvalue weighted by atomic mass is 9.86. The van der Waals surface area contributed by atoms with Gasteiger partial charge >= 0.3 is 0 Å². The van der Waals surface area contributed by atoms with Gasteiger partial charge in [-0.05, 0) is 58.4 Å². The molecule has 0 fully saturated rings. The second-order valence-corrected chi connectivity index (χ2v) is 12.1. The number of aromatic nitrogens is 1. The molecule has 2 nitrogen and oxygen atoms in total. The molecule has 0 N–H and O–H groups in total. The Morgan fingerprint density at radius 1 is 0.657 bits per heavy atom. The normalized spacial score (nSPS) is 13.0. The Kier molecular flexibility index (Phi) is 4.69. The van der Waals surface area contributed by atoms with Crippen molar-refractivity contribution in [1.82, 2.24) is 4.57 Å². The minimum atomic E-state index is 0.0381. The molecule has 0 saturated carbocycles. The smallest absolute Gasteiger partial charge is 0.146 e. The van der Waals surface area contributed by atoms with Crippen LogP contribution in [0.5, 0.6) is 0 Å². The Bertz CT molecular complexity index is 1750. The fourth-order valence-electron chi connectivity index (χ4n) is 5.19. The van der Waals surface area contributed by atoms with E-state index in [0.717, 1.165) is 44.0 Å². The third kappa shape index (κ3) is 3.38. The summed E-state index contributed by atoms with van der Waals surface area (Å²) in [6.45, 7) is 13.5. The van der Waals surface area contributed by atoms with Crippen molar-refractivity contribution in [3.8, 4) is 5.69 Å². The number of furan rings is 1. The van der Waals surface area contributed by atoms with Crippen molar-refractivity contribution in [2.24, 2.45) is 0 Å². The summed E-state index contributed by atoms with van der Waals surface area (Å²) in [7, 11) is 0. The SMILES string of the molecule is CC(C)(C)c1ccc(-n2c3ccc(C(C)(C)C)cc3c3c4oc5ccccc5c4c(Cl)cc32)cc1. The zero-order valence-corrected chi connectivity index (χ0v) is 21.9. The van der Waals surface area contributed by atoms with Gasteiger partial charge in [-0.1, -0.05) is 89.5 Å². The van der Waals surface area contributed by atoms with Gasteiger partial charge in [0.05, 0.1) is 21.4 Å². The first-order valence-electron chi connectivity index (χ1n) is 12.2. The highest BCUT2D eigenvalue weighted by atomic mass is 35.5. The summed E-state index contributed by atoms with van der Waals surface area (Å²) in [4.78, 5) is 0. The number of rotatable bonds is 1. The van der Waals surface area contributed by atoms with E-state index in [0.29, 0.717) is 5.02 Å². The Balaban J connectivity index is 1.78. The van der Waals surface area contributed by atoms with E-state index >= 15 is 0 Å². The summed E-state index contributed by atoms with van der Waals surface area (Å²) in [5.41, 5.74) is 7.80. The minimum Gasteiger partial charge on any atom is -0.455 e. The van der Waals surface area contributed by atoms with Gasteiger partial charge in [-0.15, -0.1) is 0 Å². The molecule has 4 aromatic carbocycles. The molecule has 2 aromatic heterocycles. The van der Waals surface area contributed by atoms with Crippen molar-refractivity contribution in [2.45, 2.75) is 52.4 Å². The molecule has 0 atom stereocenters. The molecule has 0 aliphatic heterocycles. The molecule has 3 heteroatoms. The molecule has 0 saturated heterocycles. The number of fused-ring (bicyclic) bond motifs is 7. The number of para-hydroxylation sites is 1. The van der Waals surface area contributed by atoms with E-state index in [9.17, 15) is 0 Å². The number of hydrogen-bond acceptors (Lipinski definition) is 1. The highest BCUT2D eigenvalue weighted by Crippen LogP contribution is 2.44. The first-order valence-corrected chi connectivity index (χ1v) is 12.6. The highest BCUT2D eigenvalue weighted by molar-refractivity contribution is 6.41. The van der Waals surface area contributed by atoms with Gasteiger partial charge in [-0.25, -0.2) is 0 Å². The third-order valence-electron chi connectivity index (χ3n) is 7.19. The quantitative estimate of drug-likeness (QED) is 0.229. The van der Waals surface area contributed by atoms with Crippen LogP contribution < -0.4 is 0 Å². The van der Waals surface area contributed by atoms with Gasteiger partial charge in [0.2, 0.25) is 0 Å². The number of hydrogen-bond donors (Lipinski definition) is 0. The van der Waals surface area contributed by atoms with Gasteiger partial charge in [-0.2, -0.15) is 0 Å². The second kappa shape index (κ2) is 7.38. The van der Waals surface area contributed by atoms with Crippen LogP contribution in [0.4, 0.5) is 0 Å². The van der Waals surface area contributed by atoms with Crippen LogP contribution in [-0.2, 0) is 10.8 Å². The fourth-order valence-corrected chi connectivity index (χ4v) is 5.48. The molecule has 6 aromatic rings. The highest BCUT2D eigenvalue weighted by Gasteiger charge is 2.23. The molecule has 0 spiro atoms. The zero-order valence-electron chi connectivity index (χ0n) is 21.2. The van der Waals surface area contributed by atoms with Crippen molar-refractivity contribution in [3.05, 3.63) is 88.9 Å². The molecule has 176 valence electrons. The fraction of sp³-hybridized carbons (Fsp3) is 0.250. The van der Waals surface area contributed by atoms with Gasteiger partial charge in [0.25, 0.3) is 0 Å². The largest absolute Gasteiger partial charge is 0.455 e. The van der Waals surface area contributed by atoms with Crippen molar-refractivity contribution in [2.75, 3.05) is 0 Å². The first-order chi connectivity index (χ1) is 16.5. The molecule has 2 heterocycles. The summed E-state index contributed by atoms with van der Waals surface area (Å²) >= 11 is 6.96. The summed E-state index contributed by atoms with van der Waals surface area (Å²) in [5.74, 6) is 0. The number of nitrogens with zero attached hydrogens (tertiary/aromatic N) is 1. The number of halogens is 1. The van der Waals surface area contributed by atoms with Crippen molar-refractivity contribution in [1.29, 1.82) is 0 Å². The van der Waals surface area contributed by atoms with Crippen molar-refractivity contribution >= 4 is 55.3 Å². The Labute approximate surface area is 211 Å². The molecule has 0 bridgehead atoms. The van der Waals surface area contributed by atoms with Crippen LogP contribution in [0.15, 0.2) is 77.2 Å². The predicted octanol–water partition coefficient (Wildman–Crippen LogP) is 9.93. The maximum absolute atomic E-state index is 6.96. The lowest BCUT2D eigenvalue weighted by Gasteiger charge is -2.20. The summed E-state index contributed by atoms with van der Waals surface area (Å²) in [6, 6.07) is 26.0. The summed E-state index contributed by atoms with van der Waals surface area (Å²) < 4.78 is 8.82. The van der Waals surface area contributed by atoms with Crippen LogP contribution in [0.25, 0.3) is 49.4 Å². The topological polar surface area (TPSA) is 18.1 Å². The Hall–Kier alpha value is -3.23. The van der Waals surface area contributed by atoms with Crippen LogP contribution in [0, 0.1) is 0 Å². The third-order valence-corrected chi connectivity index (χ3v) is 7.48. The average molecular weight is 480 g/mol. The standard InChI is InChI=1S/C32H30ClNO/c1-31(2,3)19-11-14-21(15-12-19)34-25-16-13-20(32(4,5)6)17-23(25)29-26(34)18-24(33)28-22-9-7-8-10-27(22)35-30(28)29/h7-18H,1-6H3. The molecule has 0 unspecified atom stereocenters. The van der Waals surface area contributed by atoms with Gasteiger partial charge < -0.3 is 8.98 Å². The lowest BCUT2D eigenvalue weighted by molar-refractivity contribution is 0.590. The molecule has 6 rings (SSSR count). The first kappa shape index (κ1) is 22.2. The van der Waals surface area contributed by atoms with Crippen molar-refractivity contribution in [3.63, 3.8) is 0 Å². The molecule has 0 aliphatic carbocycles. The van der Waals surface area contributed by atoms with E-state index in [-0.39, 0.29) is 10.8 Å². The number of benzene rings is 4. The van der Waals surface area contributed by atoms with Gasteiger partial charge in [0.15, 0.2) is 0 Å². The van der Waals surface area contributed by atoms with Crippen LogP contribution in [0.3, 0.4) is 0 Å². The van der Waals surface area contributed by atoms with E-state index in [1.807, 2.05) is 18.2 Å². The predicted molar refractivity (Wildman–Crippen MR) is 150 cm³/mol. The molecular formula is C32H30ClNO. The Morgan fingerprint density at radius 2 is 1.31 bits per heavy atom. The maximum atomic E-state index is 6.96. The van der Waals surface area contributed by atoms with E-state index in [2.05, 4.69) is 101 Å². The monoisotopic (exact) mass is 479 g/mol. The van der Waals surface area contributed by atoms with E-state index in [1.54, 1.807) is 0 Å². The van der Waals surface area contributed by atoms with Gasteiger partial charge in [0, 0.05) is 21.8 Å². The maximum Gasteiger partial charge on any atom is 0.146 e. The second-order valence-electron chi connectivity index (χ2n) is 11.7. The molecule has 35 heavy (non-hydrogen) atoms. The molecule has 0 radical (unpaired) electrons. The average Bonchev–Trinajstić information content (AvgIpc) is 3.33. The minimum absolute atomic E-state index is 0.0381. The van der Waals surface area contributed by atoms with E-state index < -0.39 is 0 Å². The molecule has 0 amide bonds. The van der Waals surface area contributed by atoms with Crippen LogP contribution >= 0.6 is 11.6 Å². The van der Waals surface area contributed by atoms with E-state index in [4.69, 9.17) is 16.0 Å². The zero-order chi connectivity index (χ0) is 24.7. The van der Waals surface area contributed by atoms with Gasteiger partial charge in [-0.3, -0.25) is 0 Å². The Morgan fingerprint density at radius 3 is 2.00 bits per heavy atom. The van der Waals surface area contributed by atoms with Crippen LogP contribution in [0.1, 0.15) is 52.7 Å². The van der Waals surface area contributed by atoms with Crippen LogP contribution in [-0.4, -0.2) is 4.57 Å².